The highest BCUT2D eigenvalue weighted by molar-refractivity contribution is 8.02. The average molecular weight is 369 g/mol. The molecule has 1 saturated heterocycles. The molecule has 2 heterocycles. The van der Waals surface area contributed by atoms with Crippen molar-refractivity contribution in [2.75, 3.05) is 12.3 Å². The van der Waals surface area contributed by atoms with Crippen LogP contribution in [0.1, 0.15) is 32.1 Å². The van der Waals surface area contributed by atoms with Crippen LogP contribution in [0.4, 0.5) is 0 Å². The van der Waals surface area contributed by atoms with Crippen LogP contribution < -0.4 is 5.32 Å². The lowest BCUT2D eigenvalue weighted by atomic mass is 9.74. The minimum Gasteiger partial charge on any atom is -0.391 e. The number of aliphatic hydroxyl groups is 1. The van der Waals surface area contributed by atoms with Crippen LogP contribution in [-0.2, 0) is 4.79 Å². The Morgan fingerprint density at radius 1 is 1.29 bits per heavy atom. The van der Waals surface area contributed by atoms with E-state index in [4.69, 9.17) is 4.99 Å². The van der Waals surface area contributed by atoms with Crippen LogP contribution in [0.15, 0.2) is 29.3 Å². The maximum atomic E-state index is 12.9. The van der Waals surface area contributed by atoms with Crippen molar-refractivity contribution < 1.29 is 9.90 Å². The van der Waals surface area contributed by atoms with Gasteiger partial charge in [0.25, 0.3) is 0 Å². The largest absolute Gasteiger partial charge is 0.391 e. The summed E-state index contributed by atoms with van der Waals surface area (Å²) in [5.74, 6) is 1.32. The average Bonchev–Trinajstić information content (AvgIpc) is 2.95. The van der Waals surface area contributed by atoms with E-state index in [9.17, 15) is 9.90 Å². The molecule has 4 rings (SSSR count). The van der Waals surface area contributed by atoms with Gasteiger partial charge in [0, 0.05) is 12.3 Å². The number of rotatable bonds is 2. The first-order valence-electron chi connectivity index (χ1n) is 8.74. The Morgan fingerprint density at radius 2 is 2.12 bits per heavy atom. The number of carbonyl (C=O) groups is 1. The predicted molar refractivity (Wildman–Crippen MR) is 101 cm³/mol. The second-order valence-electron chi connectivity index (χ2n) is 7.06. The molecular weight excluding hydrogens is 344 g/mol. The summed E-state index contributed by atoms with van der Waals surface area (Å²) in [6, 6.07) is -0.0590. The first-order chi connectivity index (χ1) is 11.2. The van der Waals surface area contributed by atoms with Gasteiger partial charge < -0.3 is 10.4 Å². The highest BCUT2D eigenvalue weighted by Crippen LogP contribution is 2.52. The van der Waals surface area contributed by atoms with Gasteiger partial charge in [-0.1, -0.05) is 31.1 Å². The number of nitrogens with zero attached hydrogens (tertiary/aromatic N) is 1. The van der Waals surface area contributed by atoms with E-state index in [1.54, 1.807) is 0 Å². The first-order valence-corrected chi connectivity index (χ1v) is 9.72. The molecule has 2 fully saturated rings. The molecule has 0 aromatic rings. The fraction of sp³-hybridized carbons (Fsp3) is 0.667. The molecule has 1 spiro atoms. The molecule has 24 heavy (non-hydrogen) atoms. The third kappa shape index (κ3) is 2.95. The molecule has 5 unspecified atom stereocenters. The molecular formula is C18H25ClN2O2S. The highest BCUT2D eigenvalue weighted by Gasteiger charge is 2.54. The summed E-state index contributed by atoms with van der Waals surface area (Å²) in [6.45, 7) is 0.816. The first kappa shape index (κ1) is 18.0. The SMILES string of the molecule is Cl.O=C(NC1CCCCC1O)C1CSC23C=CC=CC2=NCCC13. The van der Waals surface area contributed by atoms with E-state index < -0.39 is 0 Å². The van der Waals surface area contributed by atoms with Gasteiger partial charge in [-0.15, -0.1) is 24.2 Å². The third-order valence-corrected chi connectivity index (χ3v) is 7.42. The molecule has 0 aromatic heterocycles. The fourth-order valence-corrected chi connectivity index (χ4v) is 6.28. The lowest BCUT2D eigenvalue weighted by Gasteiger charge is -2.38. The lowest BCUT2D eigenvalue weighted by molar-refractivity contribution is -0.127. The number of hydrogen-bond donors (Lipinski definition) is 2. The molecule has 0 bridgehead atoms. The van der Waals surface area contributed by atoms with E-state index >= 15 is 0 Å². The van der Waals surface area contributed by atoms with E-state index in [-0.39, 0.29) is 41.1 Å². The van der Waals surface area contributed by atoms with E-state index in [1.165, 1.54) is 0 Å². The number of thioether (sulfide) groups is 1. The Kier molecular flexibility index (Phi) is 5.42. The van der Waals surface area contributed by atoms with Gasteiger partial charge in [-0.25, -0.2) is 0 Å². The zero-order chi connectivity index (χ0) is 15.9. The smallest absolute Gasteiger partial charge is 0.224 e. The molecule has 2 N–H and O–H groups in total. The Bertz CT molecular complexity index is 592. The molecule has 0 aromatic carbocycles. The molecule has 2 aliphatic carbocycles. The molecule has 0 radical (unpaired) electrons. The van der Waals surface area contributed by atoms with Gasteiger partial charge in [0.2, 0.25) is 5.91 Å². The summed E-state index contributed by atoms with van der Waals surface area (Å²) in [4.78, 5) is 17.6. The number of hydrogen-bond acceptors (Lipinski definition) is 4. The molecule has 2 aliphatic heterocycles. The summed E-state index contributed by atoms with van der Waals surface area (Å²) in [6.07, 6.45) is 12.9. The normalized spacial score (nSPS) is 40.1. The Balaban J connectivity index is 0.00000169. The number of nitrogens with one attached hydrogen (secondary N) is 1. The second kappa shape index (κ2) is 7.22. The van der Waals surface area contributed by atoms with Crippen LogP contribution in [0.25, 0.3) is 0 Å². The monoisotopic (exact) mass is 368 g/mol. The number of carbonyl (C=O) groups excluding carboxylic acids is 1. The molecule has 1 amide bonds. The molecule has 132 valence electrons. The van der Waals surface area contributed by atoms with Crippen LogP contribution >= 0.6 is 24.2 Å². The standard InChI is InChI=1S/C18H24N2O2S.ClH/c21-15-6-2-1-5-14(15)20-17(22)12-11-23-18-9-4-3-7-16(18)19-10-8-13(12)18;/h3-4,7,9,12-15,21H,1-2,5-6,8,10-11H2,(H,20,22);1H. The molecule has 1 saturated carbocycles. The topological polar surface area (TPSA) is 61.7 Å². The van der Waals surface area contributed by atoms with Gasteiger partial charge in [-0.05, 0) is 31.3 Å². The van der Waals surface area contributed by atoms with Gasteiger partial charge in [0.05, 0.1) is 28.5 Å². The van der Waals surface area contributed by atoms with Crippen molar-refractivity contribution in [1.29, 1.82) is 0 Å². The minimum atomic E-state index is -0.378. The van der Waals surface area contributed by atoms with Crippen LogP contribution in [-0.4, -0.2) is 45.9 Å². The van der Waals surface area contributed by atoms with Crippen molar-refractivity contribution in [3.8, 4) is 0 Å². The number of aliphatic imine (C=N–C) groups is 1. The maximum absolute atomic E-state index is 12.9. The lowest BCUT2D eigenvalue weighted by Crippen LogP contribution is -2.51. The van der Waals surface area contributed by atoms with Crippen molar-refractivity contribution in [1.82, 2.24) is 5.32 Å². The Morgan fingerprint density at radius 3 is 2.96 bits per heavy atom. The Labute approximate surface area is 153 Å². The third-order valence-electron chi connectivity index (χ3n) is 5.76. The van der Waals surface area contributed by atoms with Crippen molar-refractivity contribution in [2.45, 2.75) is 49.0 Å². The van der Waals surface area contributed by atoms with E-state index in [2.05, 4.69) is 23.5 Å². The minimum absolute atomic E-state index is 0. The summed E-state index contributed by atoms with van der Waals surface area (Å²) in [5, 5.41) is 13.3. The van der Waals surface area contributed by atoms with Crippen LogP contribution in [0.2, 0.25) is 0 Å². The number of halogens is 1. The molecule has 5 atom stereocenters. The number of aliphatic hydroxyl groups excluding tert-OH is 1. The van der Waals surface area contributed by atoms with Crippen molar-refractivity contribution in [3.05, 3.63) is 24.3 Å². The fourth-order valence-electron chi connectivity index (χ4n) is 4.49. The summed E-state index contributed by atoms with van der Waals surface area (Å²) >= 11 is 1.86. The summed E-state index contributed by atoms with van der Waals surface area (Å²) in [7, 11) is 0. The van der Waals surface area contributed by atoms with Crippen LogP contribution in [0.5, 0.6) is 0 Å². The van der Waals surface area contributed by atoms with Gasteiger partial charge >= 0.3 is 0 Å². The molecule has 4 nitrogen and oxygen atoms in total. The van der Waals surface area contributed by atoms with Gasteiger partial charge in [-0.2, -0.15) is 0 Å². The zero-order valence-corrected chi connectivity index (χ0v) is 15.3. The Hall–Kier alpha value is -0.780. The number of allylic oxidation sites excluding steroid dienone is 3. The predicted octanol–water partition coefficient (Wildman–Crippen LogP) is 2.52. The highest BCUT2D eigenvalue weighted by atomic mass is 35.5. The van der Waals surface area contributed by atoms with E-state index in [0.717, 1.165) is 50.1 Å². The van der Waals surface area contributed by atoms with E-state index in [0.29, 0.717) is 5.92 Å². The molecule has 4 aliphatic rings. The number of amides is 1. The summed E-state index contributed by atoms with van der Waals surface area (Å²) in [5.41, 5.74) is 1.13. The van der Waals surface area contributed by atoms with Crippen molar-refractivity contribution >= 4 is 35.8 Å². The van der Waals surface area contributed by atoms with Gasteiger partial charge in [0.15, 0.2) is 0 Å². The summed E-state index contributed by atoms with van der Waals surface area (Å²) < 4.78 is -0.0970. The maximum Gasteiger partial charge on any atom is 0.224 e. The molecule has 6 heteroatoms. The zero-order valence-electron chi connectivity index (χ0n) is 13.7. The quantitative estimate of drug-likeness (QED) is 0.787. The van der Waals surface area contributed by atoms with Gasteiger partial charge in [-0.3, -0.25) is 9.79 Å². The van der Waals surface area contributed by atoms with E-state index in [1.807, 2.05) is 17.8 Å². The second-order valence-corrected chi connectivity index (χ2v) is 8.36. The van der Waals surface area contributed by atoms with Crippen molar-refractivity contribution in [3.63, 3.8) is 0 Å². The van der Waals surface area contributed by atoms with Crippen LogP contribution in [0, 0.1) is 11.8 Å². The van der Waals surface area contributed by atoms with Gasteiger partial charge in [0.1, 0.15) is 0 Å². The van der Waals surface area contributed by atoms with Crippen LogP contribution in [0.3, 0.4) is 0 Å². The van der Waals surface area contributed by atoms with Crippen molar-refractivity contribution in [2.24, 2.45) is 16.8 Å².